The average Bonchev–Trinajstić information content (AvgIpc) is 2.54. The monoisotopic (exact) mass is 309 g/mol. The molecule has 0 aromatic rings. The first-order chi connectivity index (χ1) is 10.8. The van der Waals surface area contributed by atoms with E-state index in [1.165, 1.54) is 89.9 Å². The van der Waals surface area contributed by atoms with Crippen LogP contribution in [0.2, 0.25) is 0 Å². The third-order valence-electron chi connectivity index (χ3n) is 4.47. The highest BCUT2D eigenvalue weighted by molar-refractivity contribution is 4.76. The van der Waals surface area contributed by atoms with Gasteiger partial charge < -0.3 is 4.74 Å². The predicted molar refractivity (Wildman–Crippen MR) is 100 cm³/mol. The molecule has 22 heavy (non-hydrogen) atoms. The number of hydrogen-bond acceptors (Lipinski definition) is 1. The number of hydrogen-bond donors (Lipinski definition) is 0. The molecule has 0 aliphatic rings. The second-order valence-corrected chi connectivity index (χ2v) is 6.60. The summed E-state index contributed by atoms with van der Waals surface area (Å²) in [5, 5.41) is 0. The van der Waals surface area contributed by atoms with E-state index in [0.717, 1.165) is 6.42 Å². The SMILES string of the molecule is [CH2]C(CCCCCCCCCCCCCCCC=CC)OC. The molecule has 1 radical (unpaired) electrons. The second-order valence-electron chi connectivity index (χ2n) is 6.60. The third kappa shape index (κ3) is 17.8. The van der Waals surface area contributed by atoms with Crippen molar-refractivity contribution in [1.82, 2.24) is 0 Å². The quantitative estimate of drug-likeness (QED) is 0.203. The molecular formula is C21H41O. The van der Waals surface area contributed by atoms with E-state index in [4.69, 9.17) is 4.74 Å². The van der Waals surface area contributed by atoms with Crippen LogP contribution in [0.4, 0.5) is 0 Å². The Bertz CT molecular complexity index is 222. The molecular weight excluding hydrogens is 268 g/mol. The Kier molecular flexibility index (Phi) is 18.5. The zero-order valence-electron chi connectivity index (χ0n) is 15.5. The second kappa shape index (κ2) is 18.7. The van der Waals surface area contributed by atoms with Crippen LogP contribution in [-0.4, -0.2) is 13.2 Å². The summed E-state index contributed by atoms with van der Waals surface area (Å²) >= 11 is 0. The van der Waals surface area contributed by atoms with E-state index in [-0.39, 0.29) is 6.10 Å². The highest BCUT2D eigenvalue weighted by atomic mass is 16.5. The van der Waals surface area contributed by atoms with Gasteiger partial charge in [0.2, 0.25) is 0 Å². The maximum absolute atomic E-state index is 5.16. The van der Waals surface area contributed by atoms with Gasteiger partial charge in [-0.1, -0.05) is 89.2 Å². The van der Waals surface area contributed by atoms with Gasteiger partial charge in [-0.3, -0.25) is 0 Å². The number of ether oxygens (including phenoxy) is 1. The van der Waals surface area contributed by atoms with Gasteiger partial charge in [0.05, 0.1) is 6.10 Å². The molecule has 131 valence electrons. The molecule has 0 fully saturated rings. The minimum absolute atomic E-state index is 0.197. The van der Waals surface area contributed by atoms with E-state index < -0.39 is 0 Å². The van der Waals surface area contributed by atoms with Crippen LogP contribution in [0.5, 0.6) is 0 Å². The van der Waals surface area contributed by atoms with Crippen LogP contribution in [0.1, 0.15) is 103 Å². The molecule has 0 aliphatic heterocycles. The van der Waals surface area contributed by atoms with Gasteiger partial charge in [-0.25, -0.2) is 0 Å². The summed E-state index contributed by atoms with van der Waals surface area (Å²) in [6.45, 7) is 6.05. The number of rotatable bonds is 17. The Labute approximate surface area is 140 Å². The Morgan fingerprint density at radius 3 is 1.55 bits per heavy atom. The standard InChI is InChI=1S/C21H41O/c1-4-5-6-7-8-9-10-11-12-13-14-15-16-17-18-19-20-21(2)22-3/h4-5,21H,2,6-20H2,1,3H3. The van der Waals surface area contributed by atoms with E-state index in [0.29, 0.717) is 0 Å². The molecule has 1 nitrogen and oxygen atoms in total. The Balaban J connectivity index is 3.00. The maximum Gasteiger partial charge on any atom is 0.0572 e. The van der Waals surface area contributed by atoms with Gasteiger partial charge in [0, 0.05) is 7.11 Å². The summed E-state index contributed by atoms with van der Waals surface area (Å²) in [7, 11) is 1.75. The summed E-state index contributed by atoms with van der Waals surface area (Å²) in [6, 6.07) is 0. The number of unbranched alkanes of at least 4 members (excludes halogenated alkanes) is 13. The van der Waals surface area contributed by atoms with E-state index >= 15 is 0 Å². The highest BCUT2D eigenvalue weighted by Gasteiger charge is 1.98. The van der Waals surface area contributed by atoms with Gasteiger partial charge in [-0.15, -0.1) is 0 Å². The Morgan fingerprint density at radius 1 is 0.727 bits per heavy atom. The van der Waals surface area contributed by atoms with Gasteiger partial charge in [-0.2, -0.15) is 0 Å². The summed E-state index contributed by atoms with van der Waals surface area (Å²) in [5.74, 6) is 0. The van der Waals surface area contributed by atoms with E-state index in [1.807, 2.05) is 0 Å². The fraction of sp³-hybridized carbons (Fsp3) is 0.857. The van der Waals surface area contributed by atoms with Gasteiger partial charge in [0.1, 0.15) is 0 Å². The van der Waals surface area contributed by atoms with Crippen LogP contribution < -0.4 is 0 Å². The zero-order valence-corrected chi connectivity index (χ0v) is 15.5. The van der Waals surface area contributed by atoms with Crippen molar-refractivity contribution < 1.29 is 4.74 Å². The fourth-order valence-corrected chi connectivity index (χ4v) is 2.86. The van der Waals surface area contributed by atoms with Crippen LogP contribution in [0.25, 0.3) is 0 Å². The molecule has 0 rings (SSSR count). The molecule has 0 saturated heterocycles. The van der Waals surface area contributed by atoms with Crippen LogP contribution in [0, 0.1) is 6.92 Å². The van der Waals surface area contributed by atoms with Crippen molar-refractivity contribution in [2.45, 2.75) is 109 Å². The van der Waals surface area contributed by atoms with Crippen molar-refractivity contribution in [3.05, 3.63) is 19.1 Å². The fourth-order valence-electron chi connectivity index (χ4n) is 2.86. The van der Waals surface area contributed by atoms with Crippen LogP contribution >= 0.6 is 0 Å². The van der Waals surface area contributed by atoms with Crippen molar-refractivity contribution in [1.29, 1.82) is 0 Å². The normalized spacial score (nSPS) is 13.0. The molecule has 1 unspecified atom stereocenters. The minimum atomic E-state index is 0.197. The highest BCUT2D eigenvalue weighted by Crippen LogP contribution is 2.14. The average molecular weight is 310 g/mol. The van der Waals surface area contributed by atoms with Crippen molar-refractivity contribution in [2.24, 2.45) is 0 Å². The lowest BCUT2D eigenvalue weighted by Crippen LogP contribution is -2.04. The molecule has 0 spiro atoms. The molecule has 0 saturated carbocycles. The predicted octanol–water partition coefficient (Wildman–Crippen LogP) is 7.26. The van der Waals surface area contributed by atoms with Gasteiger partial charge >= 0.3 is 0 Å². The summed E-state index contributed by atoms with van der Waals surface area (Å²) < 4.78 is 5.16. The molecule has 0 aliphatic carbocycles. The molecule has 0 N–H and O–H groups in total. The summed E-state index contributed by atoms with van der Waals surface area (Å²) in [5.41, 5.74) is 0. The number of allylic oxidation sites excluding steroid dienone is 2. The van der Waals surface area contributed by atoms with Gasteiger partial charge in [0.15, 0.2) is 0 Å². The smallest absolute Gasteiger partial charge is 0.0572 e. The first kappa shape index (κ1) is 21.7. The van der Waals surface area contributed by atoms with Gasteiger partial charge in [-0.05, 0) is 33.1 Å². The van der Waals surface area contributed by atoms with E-state index in [9.17, 15) is 0 Å². The van der Waals surface area contributed by atoms with Crippen molar-refractivity contribution in [3.63, 3.8) is 0 Å². The van der Waals surface area contributed by atoms with Crippen LogP contribution in [0.15, 0.2) is 12.2 Å². The molecule has 0 aromatic carbocycles. The zero-order chi connectivity index (χ0) is 16.3. The first-order valence-corrected chi connectivity index (χ1v) is 9.78. The van der Waals surface area contributed by atoms with Crippen molar-refractivity contribution in [3.8, 4) is 0 Å². The molecule has 1 atom stereocenters. The van der Waals surface area contributed by atoms with E-state index in [2.05, 4.69) is 26.0 Å². The summed E-state index contributed by atoms with van der Waals surface area (Å²) in [4.78, 5) is 0. The maximum atomic E-state index is 5.16. The largest absolute Gasteiger partial charge is 0.381 e. The van der Waals surface area contributed by atoms with Crippen molar-refractivity contribution >= 4 is 0 Å². The van der Waals surface area contributed by atoms with Crippen LogP contribution in [-0.2, 0) is 4.74 Å². The van der Waals surface area contributed by atoms with E-state index in [1.54, 1.807) is 7.11 Å². The lowest BCUT2D eigenvalue weighted by molar-refractivity contribution is 0.128. The molecule has 0 aromatic heterocycles. The number of methoxy groups -OCH3 is 1. The molecule has 0 bridgehead atoms. The topological polar surface area (TPSA) is 9.23 Å². The lowest BCUT2D eigenvalue weighted by atomic mass is 10.0. The van der Waals surface area contributed by atoms with Crippen LogP contribution in [0.3, 0.4) is 0 Å². The molecule has 0 heterocycles. The lowest BCUT2D eigenvalue weighted by Gasteiger charge is -2.08. The third-order valence-corrected chi connectivity index (χ3v) is 4.47. The minimum Gasteiger partial charge on any atom is -0.381 e. The van der Waals surface area contributed by atoms with Crippen molar-refractivity contribution in [2.75, 3.05) is 7.11 Å². The molecule has 1 heteroatoms. The molecule has 0 amide bonds. The first-order valence-electron chi connectivity index (χ1n) is 9.78. The Morgan fingerprint density at radius 2 is 1.14 bits per heavy atom. The Hall–Kier alpha value is -0.300. The summed E-state index contributed by atoms with van der Waals surface area (Å²) in [6.07, 6.45) is 25.4. The van der Waals surface area contributed by atoms with Gasteiger partial charge in [0.25, 0.3) is 0 Å².